The number of hydrogen-bond donors (Lipinski definition) is 0. The zero-order valence-corrected chi connectivity index (χ0v) is 14.3. The molecular weight excluding hydrogens is 307 g/mol. The Kier molecular flexibility index (Phi) is 4.82. The third kappa shape index (κ3) is 3.32. The molecule has 1 aliphatic rings. The Hall–Kier alpha value is -1.67. The number of rotatable bonds is 5. The number of fused-ring (bicyclic) bond motifs is 2. The zero-order chi connectivity index (χ0) is 16.3. The molecule has 3 rings (SSSR count). The van der Waals surface area contributed by atoms with Crippen LogP contribution in [0.5, 0.6) is 0 Å². The standard InChI is InChI=1S/C19H21O3P/c1-3-21-23(20,4-2)22-19-17-11-7-5-9-15(17)13-14-16-10-6-8-12-18(16)19/h5-14,19H,3-4H2,1-2H3. The molecule has 0 bridgehead atoms. The lowest BCUT2D eigenvalue weighted by Gasteiger charge is -2.25. The average molecular weight is 328 g/mol. The highest BCUT2D eigenvalue weighted by atomic mass is 31.2. The Labute approximate surface area is 137 Å². The maximum atomic E-state index is 12.9. The van der Waals surface area contributed by atoms with E-state index in [4.69, 9.17) is 9.05 Å². The van der Waals surface area contributed by atoms with E-state index in [2.05, 4.69) is 12.2 Å². The molecule has 0 N–H and O–H groups in total. The van der Waals surface area contributed by atoms with Gasteiger partial charge in [-0.05, 0) is 29.2 Å². The van der Waals surface area contributed by atoms with Gasteiger partial charge in [-0.2, -0.15) is 0 Å². The summed E-state index contributed by atoms with van der Waals surface area (Å²) in [6, 6.07) is 16.1. The van der Waals surface area contributed by atoms with Crippen molar-refractivity contribution in [3.05, 3.63) is 70.8 Å². The van der Waals surface area contributed by atoms with Crippen LogP contribution in [0.3, 0.4) is 0 Å². The SMILES string of the molecule is CCOP(=O)(CC)OC1c2ccccc2C=Cc2ccccc21. The fraction of sp³-hybridized carbons (Fsp3) is 0.263. The lowest BCUT2D eigenvalue weighted by atomic mass is 9.97. The molecule has 23 heavy (non-hydrogen) atoms. The van der Waals surface area contributed by atoms with Crippen molar-refractivity contribution in [2.75, 3.05) is 12.8 Å². The molecule has 2 aromatic carbocycles. The van der Waals surface area contributed by atoms with Crippen LogP contribution >= 0.6 is 7.60 Å². The van der Waals surface area contributed by atoms with Gasteiger partial charge in [0.15, 0.2) is 0 Å². The highest BCUT2D eigenvalue weighted by molar-refractivity contribution is 7.53. The highest BCUT2D eigenvalue weighted by Gasteiger charge is 2.31. The third-order valence-corrected chi connectivity index (χ3v) is 5.94. The second kappa shape index (κ2) is 6.84. The summed E-state index contributed by atoms with van der Waals surface area (Å²) in [4.78, 5) is 0. The maximum absolute atomic E-state index is 12.9. The van der Waals surface area contributed by atoms with E-state index in [0.717, 1.165) is 22.3 Å². The van der Waals surface area contributed by atoms with Crippen molar-refractivity contribution in [3.8, 4) is 0 Å². The fourth-order valence-electron chi connectivity index (χ4n) is 2.82. The molecule has 1 unspecified atom stereocenters. The lowest BCUT2D eigenvalue weighted by Crippen LogP contribution is -2.09. The summed E-state index contributed by atoms with van der Waals surface area (Å²) in [6.07, 6.45) is 4.12. The molecule has 3 nitrogen and oxygen atoms in total. The summed E-state index contributed by atoms with van der Waals surface area (Å²) in [5, 5.41) is 0. The summed E-state index contributed by atoms with van der Waals surface area (Å²) in [5.41, 5.74) is 4.19. The summed E-state index contributed by atoms with van der Waals surface area (Å²) in [5.74, 6) is 0. The molecule has 1 atom stereocenters. The van der Waals surface area contributed by atoms with Crippen molar-refractivity contribution >= 4 is 19.7 Å². The van der Waals surface area contributed by atoms with Gasteiger partial charge in [-0.25, -0.2) is 0 Å². The molecule has 4 heteroatoms. The van der Waals surface area contributed by atoms with Gasteiger partial charge in [-0.3, -0.25) is 9.09 Å². The molecule has 0 fully saturated rings. The van der Waals surface area contributed by atoms with Crippen LogP contribution in [0.4, 0.5) is 0 Å². The third-order valence-electron chi connectivity index (χ3n) is 3.98. The predicted octanol–water partition coefficient (Wildman–Crippen LogP) is 5.53. The molecule has 0 heterocycles. The van der Waals surface area contributed by atoms with Crippen LogP contribution in [0.2, 0.25) is 0 Å². The summed E-state index contributed by atoms with van der Waals surface area (Å²) in [7, 11) is -3.13. The van der Waals surface area contributed by atoms with Gasteiger partial charge >= 0.3 is 7.60 Å². The van der Waals surface area contributed by atoms with Crippen molar-refractivity contribution < 1.29 is 13.6 Å². The summed E-state index contributed by atoms with van der Waals surface area (Å²) < 4.78 is 24.5. The molecule has 1 aliphatic carbocycles. The van der Waals surface area contributed by atoms with E-state index in [9.17, 15) is 4.57 Å². The normalized spacial score (nSPS) is 16.3. The molecule has 0 amide bonds. The second-order valence-corrected chi connectivity index (χ2v) is 7.74. The Balaban J connectivity index is 2.11. The van der Waals surface area contributed by atoms with Gasteiger partial charge in [-0.1, -0.05) is 67.6 Å². The van der Waals surface area contributed by atoms with Gasteiger partial charge in [0.1, 0.15) is 6.10 Å². The molecule has 0 aromatic heterocycles. The van der Waals surface area contributed by atoms with Gasteiger partial charge < -0.3 is 4.52 Å². The quantitative estimate of drug-likeness (QED) is 0.677. The van der Waals surface area contributed by atoms with Crippen LogP contribution in [0.1, 0.15) is 42.2 Å². The van der Waals surface area contributed by atoms with Crippen LogP contribution in [-0.2, 0) is 13.6 Å². The Morgan fingerprint density at radius 3 is 1.91 bits per heavy atom. The van der Waals surface area contributed by atoms with Crippen LogP contribution < -0.4 is 0 Å². The van der Waals surface area contributed by atoms with Crippen LogP contribution in [-0.4, -0.2) is 12.8 Å². The first-order chi connectivity index (χ1) is 11.2. The van der Waals surface area contributed by atoms with Gasteiger partial charge in [-0.15, -0.1) is 0 Å². The van der Waals surface area contributed by atoms with Crippen LogP contribution in [0.15, 0.2) is 48.5 Å². The van der Waals surface area contributed by atoms with Crippen molar-refractivity contribution in [2.24, 2.45) is 0 Å². The largest absolute Gasteiger partial charge is 0.331 e. The average Bonchev–Trinajstić information content (AvgIpc) is 2.73. The Morgan fingerprint density at radius 1 is 0.913 bits per heavy atom. The highest BCUT2D eigenvalue weighted by Crippen LogP contribution is 2.54. The topological polar surface area (TPSA) is 35.5 Å². The molecule has 120 valence electrons. The van der Waals surface area contributed by atoms with Crippen molar-refractivity contribution in [1.29, 1.82) is 0 Å². The second-order valence-electron chi connectivity index (χ2n) is 5.42. The van der Waals surface area contributed by atoms with E-state index in [1.165, 1.54) is 0 Å². The van der Waals surface area contributed by atoms with E-state index in [0.29, 0.717) is 12.8 Å². The molecule has 0 saturated carbocycles. The van der Waals surface area contributed by atoms with E-state index in [1.807, 2.05) is 62.4 Å². The van der Waals surface area contributed by atoms with Crippen LogP contribution in [0, 0.1) is 0 Å². The fourth-order valence-corrected chi connectivity index (χ4v) is 4.15. The van der Waals surface area contributed by atoms with E-state index in [-0.39, 0.29) is 0 Å². The molecule has 0 saturated heterocycles. The number of hydrogen-bond acceptors (Lipinski definition) is 3. The van der Waals surface area contributed by atoms with Crippen LogP contribution in [0.25, 0.3) is 12.2 Å². The maximum Gasteiger partial charge on any atom is 0.331 e. The number of benzene rings is 2. The molecule has 0 radical (unpaired) electrons. The van der Waals surface area contributed by atoms with Gasteiger partial charge in [0.2, 0.25) is 0 Å². The first-order valence-electron chi connectivity index (χ1n) is 7.95. The smallest absolute Gasteiger partial charge is 0.309 e. The van der Waals surface area contributed by atoms with Gasteiger partial charge in [0.25, 0.3) is 0 Å². The molecular formula is C19H21O3P. The minimum atomic E-state index is -3.13. The molecule has 2 aromatic rings. The summed E-state index contributed by atoms with van der Waals surface area (Å²) >= 11 is 0. The first-order valence-corrected chi connectivity index (χ1v) is 9.67. The van der Waals surface area contributed by atoms with E-state index < -0.39 is 13.7 Å². The van der Waals surface area contributed by atoms with Gasteiger partial charge in [0, 0.05) is 6.16 Å². The minimum absolute atomic E-state index is 0.356. The lowest BCUT2D eigenvalue weighted by molar-refractivity contribution is 0.176. The summed E-state index contributed by atoms with van der Waals surface area (Å²) in [6.45, 7) is 4.05. The zero-order valence-electron chi connectivity index (χ0n) is 13.4. The minimum Gasteiger partial charge on any atom is -0.309 e. The molecule has 0 spiro atoms. The van der Waals surface area contributed by atoms with Crippen molar-refractivity contribution in [1.82, 2.24) is 0 Å². The van der Waals surface area contributed by atoms with E-state index >= 15 is 0 Å². The van der Waals surface area contributed by atoms with Gasteiger partial charge in [0.05, 0.1) is 6.61 Å². The first kappa shape index (κ1) is 16.2. The monoisotopic (exact) mass is 328 g/mol. The predicted molar refractivity (Wildman–Crippen MR) is 94.5 cm³/mol. The van der Waals surface area contributed by atoms with Crippen molar-refractivity contribution in [3.63, 3.8) is 0 Å². The van der Waals surface area contributed by atoms with Crippen molar-refractivity contribution in [2.45, 2.75) is 20.0 Å². The Morgan fingerprint density at radius 2 is 1.43 bits per heavy atom. The Bertz CT molecular complexity index is 717. The molecule has 0 aliphatic heterocycles. The van der Waals surface area contributed by atoms with E-state index in [1.54, 1.807) is 0 Å².